The normalized spacial score (nSPS) is 11.3. The van der Waals surface area contributed by atoms with Gasteiger partial charge in [-0.2, -0.15) is 0 Å². The summed E-state index contributed by atoms with van der Waals surface area (Å²) in [7, 11) is 0. The zero-order valence-corrected chi connectivity index (χ0v) is 17.9. The highest BCUT2D eigenvalue weighted by molar-refractivity contribution is 7.17. The molecule has 9 heteroatoms. The van der Waals surface area contributed by atoms with E-state index in [-0.39, 0.29) is 23.8 Å². The third kappa shape index (κ3) is 3.67. The van der Waals surface area contributed by atoms with Crippen molar-refractivity contribution in [3.8, 4) is 11.3 Å². The molecule has 3 aromatic heterocycles. The first-order chi connectivity index (χ1) is 15.5. The molecule has 1 amide bonds. The number of thiazole rings is 1. The van der Waals surface area contributed by atoms with Crippen LogP contribution in [0.5, 0.6) is 0 Å². The molecule has 0 spiro atoms. The maximum Gasteiger partial charge on any atom is 0.261 e. The monoisotopic (exact) mass is 447 g/mol. The first-order valence-corrected chi connectivity index (χ1v) is 10.8. The Balaban J connectivity index is 1.30. The minimum atomic E-state index is -0.286. The average Bonchev–Trinajstić information content (AvgIpc) is 3.34. The van der Waals surface area contributed by atoms with Crippen LogP contribution in [0.4, 0.5) is 4.39 Å². The molecule has 0 radical (unpaired) electrons. The minimum absolute atomic E-state index is 0.104. The van der Waals surface area contributed by atoms with E-state index in [4.69, 9.17) is 0 Å². The number of aryl methyl sites for hydroxylation is 1. The molecule has 0 saturated heterocycles. The van der Waals surface area contributed by atoms with Crippen LogP contribution in [0.15, 0.2) is 65.8 Å². The summed E-state index contributed by atoms with van der Waals surface area (Å²) in [5, 5.41) is 3.35. The molecule has 0 fully saturated rings. The summed E-state index contributed by atoms with van der Waals surface area (Å²) in [6, 6.07) is 13.3. The smallest absolute Gasteiger partial charge is 0.261 e. The van der Waals surface area contributed by atoms with Gasteiger partial charge in [0, 0.05) is 22.3 Å². The first-order valence-electron chi connectivity index (χ1n) is 9.94. The number of hydrogen-bond acceptors (Lipinski definition) is 5. The standard InChI is InChI=1S/C23H18FN5O2S/c1-14-20(32-23-27-19(11-29(14)23)15-6-8-16(24)9-7-15)10-25-21(30)12-28-13-26-18-5-3-2-4-17(18)22(28)31/h2-9,11,13H,10,12H2,1H3,(H,25,30). The predicted octanol–water partition coefficient (Wildman–Crippen LogP) is 3.54. The molecule has 0 bridgehead atoms. The summed E-state index contributed by atoms with van der Waals surface area (Å²) in [5.41, 5.74) is 2.93. The number of aromatic nitrogens is 4. The van der Waals surface area contributed by atoms with Crippen molar-refractivity contribution in [3.63, 3.8) is 0 Å². The average molecular weight is 447 g/mol. The number of carbonyl (C=O) groups is 1. The number of amides is 1. The van der Waals surface area contributed by atoms with Crippen molar-refractivity contribution >= 4 is 33.1 Å². The van der Waals surface area contributed by atoms with Crippen LogP contribution in [0, 0.1) is 12.7 Å². The van der Waals surface area contributed by atoms with E-state index >= 15 is 0 Å². The van der Waals surface area contributed by atoms with E-state index in [1.807, 2.05) is 23.6 Å². The highest BCUT2D eigenvalue weighted by Crippen LogP contribution is 2.27. The fourth-order valence-electron chi connectivity index (χ4n) is 3.53. The SMILES string of the molecule is Cc1c(CNC(=O)Cn2cnc3ccccc3c2=O)sc2nc(-c3ccc(F)cc3)cn12. The van der Waals surface area contributed by atoms with Crippen molar-refractivity contribution in [1.29, 1.82) is 0 Å². The molecular weight excluding hydrogens is 429 g/mol. The van der Waals surface area contributed by atoms with E-state index in [1.165, 1.54) is 34.4 Å². The van der Waals surface area contributed by atoms with Gasteiger partial charge in [-0.3, -0.25) is 18.6 Å². The van der Waals surface area contributed by atoms with Gasteiger partial charge in [0.25, 0.3) is 5.56 Å². The summed E-state index contributed by atoms with van der Waals surface area (Å²) in [6.07, 6.45) is 3.30. The fourth-order valence-corrected chi connectivity index (χ4v) is 4.57. The highest BCUT2D eigenvalue weighted by atomic mass is 32.1. The Labute approximate surface area is 185 Å². The molecule has 2 aromatic carbocycles. The second-order valence-corrected chi connectivity index (χ2v) is 8.43. The molecule has 0 aliphatic rings. The third-order valence-corrected chi connectivity index (χ3v) is 6.44. The van der Waals surface area contributed by atoms with Gasteiger partial charge >= 0.3 is 0 Å². The number of hydrogen-bond donors (Lipinski definition) is 1. The Morgan fingerprint density at radius 1 is 1.16 bits per heavy atom. The van der Waals surface area contributed by atoms with E-state index in [2.05, 4.69) is 15.3 Å². The van der Waals surface area contributed by atoms with Crippen molar-refractivity contribution in [2.45, 2.75) is 20.0 Å². The number of benzene rings is 2. The molecule has 0 unspecified atom stereocenters. The number of halogens is 1. The van der Waals surface area contributed by atoms with Gasteiger partial charge in [0.2, 0.25) is 5.91 Å². The lowest BCUT2D eigenvalue weighted by atomic mass is 10.2. The van der Waals surface area contributed by atoms with Gasteiger partial charge in [-0.25, -0.2) is 14.4 Å². The maximum absolute atomic E-state index is 13.2. The zero-order chi connectivity index (χ0) is 22.2. The van der Waals surface area contributed by atoms with E-state index in [1.54, 1.807) is 30.3 Å². The molecule has 7 nitrogen and oxygen atoms in total. The Morgan fingerprint density at radius 3 is 2.72 bits per heavy atom. The van der Waals surface area contributed by atoms with Gasteiger partial charge in [-0.1, -0.05) is 23.5 Å². The molecule has 0 saturated carbocycles. The molecule has 32 heavy (non-hydrogen) atoms. The molecule has 160 valence electrons. The highest BCUT2D eigenvalue weighted by Gasteiger charge is 2.14. The molecule has 3 heterocycles. The number of para-hydroxylation sites is 1. The Morgan fingerprint density at radius 2 is 1.94 bits per heavy atom. The lowest BCUT2D eigenvalue weighted by Gasteiger charge is -2.07. The Bertz CT molecular complexity index is 1520. The van der Waals surface area contributed by atoms with Crippen molar-refractivity contribution in [1.82, 2.24) is 24.3 Å². The lowest BCUT2D eigenvalue weighted by molar-refractivity contribution is -0.121. The molecular formula is C23H18FN5O2S. The van der Waals surface area contributed by atoms with Crippen LogP contribution in [0.3, 0.4) is 0 Å². The molecule has 5 rings (SSSR count). The Kier molecular flexibility index (Phi) is 5.02. The number of fused-ring (bicyclic) bond motifs is 2. The lowest BCUT2D eigenvalue weighted by Crippen LogP contribution is -2.32. The number of carbonyl (C=O) groups excluding carboxylic acids is 1. The van der Waals surface area contributed by atoms with Crippen LogP contribution in [0.25, 0.3) is 27.1 Å². The maximum atomic E-state index is 13.2. The first kappa shape index (κ1) is 20.1. The van der Waals surface area contributed by atoms with Crippen molar-refractivity contribution in [2.75, 3.05) is 0 Å². The van der Waals surface area contributed by atoms with E-state index in [0.717, 1.165) is 26.8 Å². The van der Waals surface area contributed by atoms with Crippen LogP contribution in [0.2, 0.25) is 0 Å². The zero-order valence-electron chi connectivity index (χ0n) is 17.1. The van der Waals surface area contributed by atoms with E-state index < -0.39 is 0 Å². The molecule has 1 N–H and O–H groups in total. The molecule has 0 aliphatic heterocycles. The van der Waals surface area contributed by atoms with Gasteiger partial charge in [0.05, 0.1) is 29.5 Å². The van der Waals surface area contributed by atoms with Gasteiger partial charge in [0.1, 0.15) is 12.4 Å². The number of nitrogens with one attached hydrogen (secondary N) is 1. The summed E-state index contributed by atoms with van der Waals surface area (Å²) < 4.78 is 16.4. The quantitative estimate of drug-likeness (QED) is 0.447. The summed E-state index contributed by atoms with van der Waals surface area (Å²) in [5.74, 6) is -0.563. The summed E-state index contributed by atoms with van der Waals surface area (Å²) in [6.45, 7) is 2.19. The fraction of sp³-hybridized carbons (Fsp3) is 0.130. The van der Waals surface area contributed by atoms with Gasteiger partial charge in [0.15, 0.2) is 4.96 Å². The topological polar surface area (TPSA) is 81.3 Å². The van der Waals surface area contributed by atoms with Crippen LogP contribution < -0.4 is 10.9 Å². The largest absolute Gasteiger partial charge is 0.350 e. The minimum Gasteiger partial charge on any atom is -0.350 e. The number of nitrogens with zero attached hydrogens (tertiary/aromatic N) is 4. The van der Waals surface area contributed by atoms with E-state index in [9.17, 15) is 14.0 Å². The second kappa shape index (κ2) is 8.01. The molecule has 0 atom stereocenters. The summed E-state index contributed by atoms with van der Waals surface area (Å²) >= 11 is 1.48. The molecule has 5 aromatic rings. The summed E-state index contributed by atoms with van der Waals surface area (Å²) in [4.78, 5) is 35.6. The van der Waals surface area contributed by atoms with Gasteiger partial charge < -0.3 is 5.32 Å². The number of imidazole rings is 1. The van der Waals surface area contributed by atoms with Crippen molar-refractivity contribution in [2.24, 2.45) is 0 Å². The number of rotatable bonds is 5. The molecule has 0 aliphatic carbocycles. The van der Waals surface area contributed by atoms with Crippen LogP contribution in [-0.4, -0.2) is 24.8 Å². The van der Waals surface area contributed by atoms with Gasteiger partial charge in [-0.15, -0.1) is 0 Å². The predicted molar refractivity (Wildman–Crippen MR) is 121 cm³/mol. The van der Waals surface area contributed by atoms with Crippen LogP contribution in [0.1, 0.15) is 10.6 Å². The van der Waals surface area contributed by atoms with E-state index in [0.29, 0.717) is 17.4 Å². The van der Waals surface area contributed by atoms with Crippen LogP contribution >= 0.6 is 11.3 Å². The van der Waals surface area contributed by atoms with Crippen molar-refractivity contribution < 1.29 is 9.18 Å². The second-order valence-electron chi connectivity index (χ2n) is 7.37. The van der Waals surface area contributed by atoms with Crippen molar-refractivity contribution in [3.05, 3.63) is 87.8 Å². The van der Waals surface area contributed by atoms with Gasteiger partial charge in [-0.05, 0) is 43.3 Å². The Hall–Kier alpha value is -3.85. The van der Waals surface area contributed by atoms with Crippen LogP contribution in [-0.2, 0) is 17.9 Å². The third-order valence-electron chi connectivity index (χ3n) is 5.28.